The Morgan fingerprint density at radius 1 is 1.65 bits per heavy atom. The molecule has 0 aromatic carbocycles. The fourth-order valence-electron chi connectivity index (χ4n) is 2.37. The van der Waals surface area contributed by atoms with Crippen molar-refractivity contribution >= 4 is 5.97 Å². The maximum absolute atomic E-state index is 11.3. The molecule has 17 heavy (non-hydrogen) atoms. The Kier molecular flexibility index (Phi) is 3.15. The molecule has 0 radical (unpaired) electrons. The fraction of sp³-hybridized carbons (Fsp3) is 0.727. The maximum atomic E-state index is 11.3. The van der Waals surface area contributed by atoms with Gasteiger partial charge in [-0.2, -0.15) is 5.10 Å². The van der Waals surface area contributed by atoms with Gasteiger partial charge in [0.15, 0.2) is 0 Å². The van der Waals surface area contributed by atoms with Gasteiger partial charge in [0.05, 0.1) is 12.0 Å². The standard InChI is InChI=1S/C11H18N4O2/c1-3-11(10(16)17)4-5-15(7-11)6-9-12-8-13-14(9)2/h8H,3-7H2,1-2H3,(H,16,17). The molecule has 0 bridgehead atoms. The minimum Gasteiger partial charge on any atom is -0.481 e. The van der Waals surface area contributed by atoms with E-state index in [1.54, 1.807) is 4.68 Å². The predicted octanol–water partition coefficient (Wildman–Crippen LogP) is 0.502. The van der Waals surface area contributed by atoms with Gasteiger partial charge in [0, 0.05) is 13.6 Å². The zero-order chi connectivity index (χ0) is 12.5. The molecule has 1 unspecified atom stereocenters. The van der Waals surface area contributed by atoms with E-state index >= 15 is 0 Å². The van der Waals surface area contributed by atoms with Gasteiger partial charge in [-0.3, -0.25) is 14.4 Å². The van der Waals surface area contributed by atoms with Crippen LogP contribution in [0.5, 0.6) is 0 Å². The van der Waals surface area contributed by atoms with E-state index in [1.165, 1.54) is 6.33 Å². The molecule has 0 spiro atoms. The first-order valence-corrected chi connectivity index (χ1v) is 5.86. The zero-order valence-corrected chi connectivity index (χ0v) is 10.3. The van der Waals surface area contributed by atoms with Crippen molar-refractivity contribution < 1.29 is 9.90 Å². The first-order chi connectivity index (χ1) is 8.07. The van der Waals surface area contributed by atoms with Gasteiger partial charge in [-0.05, 0) is 19.4 Å². The third-order valence-electron chi connectivity index (χ3n) is 3.73. The van der Waals surface area contributed by atoms with E-state index in [1.807, 2.05) is 14.0 Å². The Balaban J connectivity index is 2.03. The number of carboxylic acid groups (broad SMARTS) is 1. The molecule has 1 fully saturated rings. The van der Waals surface area contributed by atoms with Crippen molar-refractivity contribution in [3.63, 3.8) is 0 Å². The van der Waals surface area contributed by atoms with E-state index in [-0.39, 0.29) is 0 Å². The number of likely N-dealkylation sites (tertiary alicyclic amines) is 1. The molecule has 1 saturated heterocycles. The highest BCUT2D eigenvalue weighted by atomic mass is 16.4. The van der Waals surface area contributed by atoms with E-state index in [4.69, 9.17) is 0 Å². The quantitative estimate of drug-likeness (QED) is 0.827. The lowest BCUT2D eigenvalue weighted by atomic mass is 9.84. The molecule has 0 saturated carbocycles. The minimum atomic E-state index is -0.680. The summed E-state index contributed by atoms with van der Waals surface area (Å²) in [7, 11) is 1.85. The normalized spacial score (nSPS) is 25.3. The molecule has 0 amide bonds. The Hall–Kier alpha value is -1.43. The number of nitrogens with zero attached hydrogens (tertiary/aromatic N) is 4. The van der Waals surface area contributed by atoms with Gasteiger partial charge < -0.3 is 5.11 Å². The second-order valence-electron chi connectivity index (χ2n) is 4.70. The highest BCUT2D eigenvalue weighted by Gasteiger charge is 2.43. The first-order valence-electron chi connectivity index (χ1n) is 5.86. The van der Waals surface area contributed by atoms with Crippen LogP contribution >= 0.6 is 0 Å². The minimum absolute atomic E-state index is 0.571. The highest BCUT2D eigenvalue weighted by Crippen LogP contribution is 2.34. The van der Waals surface area contributed by atoms with Crippen molar-refractivity contribution in [3.05, 3.63) is 12.2 Å². The van der Waals surface area contributed by atoms with Crippen LogP contribution < -0.4 is 0 Å². The second kappa shape index (κ2) is 4.44. The summed E-state index contributed by atoms with van der Waals surface area (Å²) in [6.45, 7) is 4.03. The van der Waals surface area contributed by atoms with E-state index in [0.29, 0.717) is 19.5 Å². The molecule has 2 rings (SSSR count). The first kappa shape index (κ1) is 12.0. The lowest BCUT2D eigenvalue weighted by molar-refractivity contribution is -0.148. The number of aliphatic carboxylic acids is 1. The van der Waals surface area contributed by atoms with Crippen molar-refractivity contribution in [2.75, 3.05) is 13.1 Å². The van der Waals surface area contributed by atoms with Crippen molar-refractivity contribution in [1.29, 1.82) is 0 Å². The molecule has 6 heteroatoms. The summed E-state index contributed by atoms with van der Waals surface area (Å²) in [6, 6.07) is 0. The van der Waals surface area contributed by atoms with Crippen LogP contribution in [0.15, 0.2) is 6.33 Å². The molecule has 1 aromatic rings. The van der Waals surface area contributed by atoms with Crippen molar-refractivity contribution in [3.8, 4) is 0 Å². The molecule has 1 aliphatic heterocycles. The third-order valence-corrected chi connectivity index (χ3v) is 3.73. The van der Waals surface area contributed by atoms with Gasteiger partial charge in [0.2, 0.25) is 0 Å². The van der Waals surface area contributed by atoms with Gasteiger partial charge in [0.1, 0.15) is 12.2 Å². The van der Waals surface area contributed by atoms with Crippen molar-refractivity contribution in [2.45, 2.75) is 26.3 Å². The molecule has 94 valence electrons. The average molecular weight is 238 g/mol. The van der Waals surface area contributed by atoms with E-state index in [9.17, 15) is 9.90 Å². The van der Waals surface area contributed by atoms with Crippen molar-refractivity contribution in [2.24, 2.45) is 12.5 Å². The van der Waals surface area contributed by atoms with Crippen LogP contribution in [0.4, 0.5) is 0 Å². The largest absolute Gasteiger partial charge is 0.481 e. The number of hydrogen-bond acceptors (Lipinski definition) is 4. The average Bonchev–Trinajstić information content (AvgIpc) is 2.88. The molecule has 6 nitrogen and oxygen atoms in total. The molecule has 2 heterocycles. The SMILES string of the molecule is CCC1(C(=O)O)CCN(Cc2ncnn2C)C1. The van der Waals surface area contributed by atoms with Gasteiger partial charge in [-0.25, -0.2) is 4.98 Å². The summed E-state index contributed by atoms with van der Waals surface area (Å²) in [6.07, 6.45) is 2.92. The summed E-state index contributed by atoms with van der Waals surface area (Å²) >= 11 is 0. The second-order valence-corrected chi connectivity index (χ2v) is 4.70. The van der Waals surface area contributed by atoms with Crippen molar-refractivity contribution in [1.82, 2.24) is 19.7 Å². The molecule has 1 aromatic heterocycles. The molecule has 1 aliphatic rings. The number of rotatable bonds is 4. The maximum Gasteiger partial charge on any atom is 0.310 e. The predicted molar refractivity (Wildman–Crippen MR) is 61.3 cm³/mol. The summed E-state index contributed by atoms with van der Waals surface area (Å²) in [5, 5.41) is 13.3. The summed E-state index contributed by atoms with van der Waals surface area (Å²) in [4.78, 5) is 17.6. The van der Waals surface area contributed by atoms with Gasteiger partial charge in [-0.1, -0.05) is 6.92 Å². The van der Waals surface area contributed by atoms with Gasteiger partial charge in [0.25, 0.3) is 0 Å². The monoisotopic (exact) mass is 238 g/mol. The number of aryl methyl sites for hydroxylation is 1. The van der Waals surface area contributed by atoms with Crippen LogP contribution in [0, 0.1) is 5.41 Å². The molecule has 1 N–H and O–H groups in total. The van der Waals surface area contributed by atoms with Crippen LogP contribution in [0.1, 0.15) is 25.6 Å². The Morgan fingerprint density at radius 2 is 2.41 bits per heavy atom. The summed E-state index contributed by atoms with van der Waals surface area (Å²) in [5.74, 6) is 0.197. The Bertz CT molecular complexity index is 417. The molecular formula is C11H18N4O2. The lowest BCUT2D eigenvalue weighted by Gasteiger charge is -2.22. The molecule has 0 aliphatic carbocycles. The van der Waals surface area contributed by atoms with Crippen LogP contribution in [0.25, 0.3) is 0 Å². The van der Waals surface area contributed by atoms with Crippen LogP contribution in [-0.4, -0.2) is 43.8 Å². The van der Waals surface area contributed by atoms with Crippen LogP contribution in [0.2, 0.25) is 0 Å². The van der Waals surface area contributed by atoms with E-state index in [0.717, 1.165) is 18.8 Å². The van der Waals surface area contributed by atoms with E-state index in [2.05, 4.69) is 15.0 Å². The number of carbonyl (C=O) groups is 1. The highest BCUT2D eigenvalue weighted by molar-refractivity contribution is 5.75. The Morgan fingerprint density at radius 3 is 2.88 bits per heavy atom. The topological polar surface area (TPSA) is 71.2 Å². The summed E-state index contributed by atoms with van der Waals surface area (Å²) in [5.41, 5.74) is -0.571. The smallest absolute Gasteiger partial charge is 0.310 e. The fourth-order valence-corrected chi connectivity index (χ4v) is 2.37. The van der Waals surface area contributed by atoms with Crippen LogP contribution in [0.3, 0.4) is 0 Å². The van der Waals surface area contributed by atoms with E-state index < -0.39 is 11.4 Å². The number of hydrogen-bond donors (Lipinski definition) is 1. The zero-order valence-electron chi connectivity index (χ0n) is 10.3. The third kappa shape index (κ3) is 2.17. The summed E-state index contributed by atoms with van der Waals surface area (Å²) < 4.78 is 1.73. The number of aromatic nitrogens is 3. The molecule has 1 atom stereocenters. The molecular weight excluding hydrogens is 220 g/mol. The van der Waals surface area contributed by atoms with Crippen LogP contribution in [-0.2, 0) is 18.4 Å². The van der Waals surface area contributed by atoms with Gasteiger partial charge in [-0.15, -0.1) is 0 Å². The van der Waals surface area contributed by atoms with Gasteiger partial charge >= 0.3 is 5.97 Å². The lowest BCUT2D eigenvalue weighted by Crippen LogP contribution is -2.34. The number of carboxylic acids is 1. The Labute approximate surface area is 100 Å².